The number of carbonyl (C=O) groups excluding carboxylic acids is 1. The van der Waals surface area contributed by atoms with E-state index in [9.17, 15) is 9.90 Å². The fraction of sp³-hybridized carbons (Fsp3) is 0.562. The molecular formula is C16H23NO2S. The molecule has 1 aromatic carbocycles. The second-order valence-electron chi connectivity index (χ2n) is 5.46. The van der Waals surface area contributed by atoms with E-state index in [1.54, 1.807) is 11.8 Å². The lowest BCUT2D eigenvalue weighted by molar-refractivity contribution is -0.126. The minimum atomic E-state index is -0.000305. The number of aliphatic hydroxyl groups excluding tert-OH is 1. The molecule has 0 radical (unpaired) electrons. The van der Waals surface area contributed by atoms with E-state index in [0.29, 0.717) is 0 Å². The Kier molecular flexibility index (Phi) is 5.49. The maximum absolute atomic E-state index is 12.4. The Bertz CT molecular complexity index is 460. The van der Waals surface area contributed by atoms with Gasteiger partial charge in [0.25, 0.3) is 0 Å². The molecule has 3 nitrogen and oxygen atoms in total. The summed E-state index contributed by atoms with van der Waals surface area (Å²) < 4.78 is 0. The third-order valence-electron chi connectivity index (χ3n) is 4.13. The van der Waals surface area contributed by atoms with Gasteiger partial charge in [0.05, 0.1) is 6.61 Å². The van der Waals surface area contributed by atoms with Crippen molar-refractivity contribution in [2.45, 2.75) is 37.5 Å². The Morgan fingerprint density at radius 2 is 2.15 bits per heavy atom. The number of amides is 1. The van der Waals surface area contributed by atoms with Gasteiger partial charge in [0.1, 0.15) is 0 Å². The molecule has 4 heteroatoms. The van der Waals surface area contributed by atoms with Gasteiger partial charge in [-0.15, -0.1) is 0 Å². The highest BCUT2D eigenvalue weighted by molar-refractivity contribution is 7.99. The zero-order valence-corrected chi connectivity index (χ0v) is 13.0. The SMILES string of the molecule is CSC(CO)C(C)NC(=O)C1CCc2ccccc2C1. The summed E-state index contributed by atoms with van der Waals surface area (Å²) in [5, 5.41) is 12.4. The van der Waals surface area contributed by atoms with Gasteiger partial charge in [0.15, 0.2) is 0 Å². The predicted molar refractivity (Wildman–Crippen MR) is 84.0 cm³/mol. The van der Waals surface area contributed by atoms with Crippen LogP contribution in [0.1, 0.15) is 24.5 Å². The Morgan fingerprint density at radius 3 is 2.80 bits per heavy atom. The molecule has 1 aliphatic carbocycles. The van der Waals surface area contributed by atoms with Gasteiger partial charge < -0.3 is 10.4 Å². The summed E-state index contributed by atoms with van der Waals surface area (Å²) in [6.45, 7) is 2.06. The molecule has 1 aliphatic rings. The Hall–Kier alpha value is -1.00. The van der Waals surface area contributed by atoms with Crippen LogP contribution in [0.25, 0.3) is 0 Å². The zero-order valence-electron chi connectivity index (χ0n) is 12.1. The molecule has 2 rings (SSSR count). The average molecular weight is 293 g/mol. The van der Waals surface area contributed by atoms with Gasteiger partial charge in [-0.3, -0.25) is 4.79 Å². The topological polar surface area (TPSA) is 49.3 Å². The molecule has 0 aromatic heterocycles. The van der Waals surface area contributed by atoms with Gasteiger partial charge in [-0.25, -0.2) is 0 Å². The number of hydrogen-bond donors (Lipinski definition) is 2. The van der Waals surface area contributed by atoms with Gasteiger partial charge in [0.2, 0.25) is 5.91 Å². The molecule has 2 N–H and O–H groups in total. The lowest BCUT2D eigenvalue weighted by atomic mass is 9.83. The zero-order chi connectivity index (χ0) is 14.5. The largest absolute Gasteiger partial charge is 0.395 e. The second kappa shape index (κ2) is 7.14. The van der Waals surface area contributed by atoms with Crippen molar-refractivity contribution in [1.29, 1.82) is 0 Å². The van der Waals surface area contributed by atoms with Crippen LogP contribution in [-0.2, 0) is 17.6 Å². The number of hydrogen-bond acceptors (Lipinski definition) is 3. The summed E-state index contributed by atoms with van der Waals surface area (Å²) in [6, 6.07) is 8.38. The standard InChI is InChI=1S/C16H23NO2S/c1-11(15(10-18)20-2)17-16(19)14-8-7-12-5-3-4-6-13(12)9-14/h3-6,11,14-15,18H,7-10H2,1-2H3,(H,17,19). The van der Waals surface area contributed by atoms with E-state index in [1.165, 1.54) is 11.1 Å². The molecule has 0 bridgehead atoms. The Balaban J connectivity index is 1.95. The number of thioether (sulfide) groups is 1. The summed E-state index contributed by atoms with van der Waals surface area (Å²) >= 11 is 1.59. The second-order valence-corrected chi connectivity index (χ2v) is 6.54. The molecule has 3 atom stereocenters. The van der Waals surface area contributed by atoms with Crippen LogP contribution in [-0.4, -0.2) is 35.2 Å². The van der Waals surface area contributed by atoms with Crippen LogP contribution in [0.3, 0.4) is 0 Å². The number of carbonyl (C=O) groups is 1. The molecule has 110 valence electrons. The molecule has 0 aliphatic heterocycles. The van der Waals surface area contributed by atoms with E-state index in [1.807, 2.05) is 19.2 Å². The summed E-state index contributed by atoms with van der Waals surface area (Å²) in [7, 11) is 0. The number of rotatable bonds is 5. The Labute approximate surface area is 125 Å². The van der Waals surface area contributed by atoms with Crippen molar-refractivity contribution in [1.82, 2.24) is 5.32 Å². The third kappa shape index (κ3) is 3.55. The normalized spacial score (nSPS) is 20.9. The van der Waals surface area contributed by atoms with Crippen LogP contribution < -0.4 is 5.32 Å². The molecule has 0 saturated carbocycles. The predicted octanol–water partition coefficient (Wildman–Crippen LogP) is 2.02. The van der Waals surface area contributed by atoms with Crippen molar-refractivity contribution in [3.63, 3.8) is 0 Å². The minimum Gasteiger partial charge on any atom is -0.395 e. The average Bonchev–Trinajstić information content (AvgIpc) is 2.48. The van der Waals surface area contributed by atoms with Crippen molar-refractivity contribution >= 4 is 17.7 Å². The molecule has 1 aromatic rings. The van der Waals surface area contributed by atoms with Crippen LogP contribution in [0.15, 0.2) is 24.3 Å². The van der Waals surface area contributed by atoms with Gasteiger partial charge >= 0.3 is 0 Å². The van der Waals surface area contributed by atoms with E-state index >= 15 is 0 Å². The molecule has 3 unspecified atom stereocenters. The van der Waals surface area contributed by atoms with Gasteiger partial charge in [-0.2, -0.15) is 11.8 Å². The van der Waals surface area contributed by atoms with E-state index in [0.717, 1.165) is 19.3 Å². The van der Waals surface area contributed by atoms with Crippen LogP contribution >= 0.6 is 11.8 Å². The maximum atomic E-state index is 12.4. The van der Waals surface area contributed by atoms with Crippen molar-refractivity contribution in [2.24, 2.45) is 5.92 Å². The first kappa shape index (κ1) is 15.4. The lowest BCUT2D eigenvalue weighted by Gasteiger charge is -2.27. The fourth-order valence-corrected chi connectivity index (χ4v) is 3.42. The first-order valence-electron chi connectivity index (χ1n) is 7.16. The summed E-state index contributed by atoms with van der Waals surface area (Å²) in [4.78, 5) is 12.4. The summed E-state index contributed by atoms with van der Waals surface area (Å²) in [5.41, 5.74) is 2.68. The molecule has 20 heavy (non-hydrogen) atoms. The molecular weight excluding hydrogens is 270 g/mol. The number of nitrogens with one attached hydrogen (secondary N) is 1. The summed E-state index contributed by atoms with van der Waals surface area (Å²) in [5.74, 6) is 0.188. The van der Waals surface area contributed by atoms with Gasteiger partial charge in [0, 0.05) is 17.2 Å². The van der Waals surface area contributed by atoms with E-state index in [4.69, 9.17) is 0 Å². The van der Waals surface area contributed by atoms with Crippen LogP contribution in [0.2, 0.25) is 0 Å². The molecule has 0 heterocycles. The maximum Gasteiger partial charge on any atom is 0.223 e. The first-order chi connectivity index (χ1) is 9.65. The minimum absolute atomic E-state index is 0.000305. The lowest BCUT2D eigenvalue weighted by Crippen LogP contribution is -2.45. The van der Waals surface area contributed by atoms with Crippen LogP contribution in [0, 0.1) is 5.92 Å². The summed E-state index contributed by atoms with van der Waals surface area (Å²) in [6.07, 6.45) is 4.69. The number of fused-ring (bicyclic) bond motifs is 1. The van der Waals surface area contributed by atoms with Crippen molar-refractivity contribution in [3.8, 4) is 0 Å². The highest BCUT2D eigenvalue weighted by Crippen LogP contribution is 2.25. The van der Waals surface area contributed by atoms with Gasteiger partial charge in [-0.05, 0) is 43.6 Å². The van der Waals surface area contributed by atoms with Gasteiger partial charge in [-0.1, -0.05) is 24.3 Å². The molecule has 0 fully saturated rings. The van der Waals surface area contributed by atoms with Crippen molar-refractivity contribution < 1.29 is 9.90 Å². The number of aliphatic hydroxyl groups is 1. The van der Waals surface area contributed by atoms with Crippen molar-refractivity contribution in [2.75, 3.05) is 12.9 Å². The molecule has 0 spiro atoms. The van der Waals surface area contributed by atoms with Crippen molar-refractivity contribution in [3.05, 3.63) is 35.4 Å². The third-order valence-corrected chi connectivity index (χ3v) is 5.29. The van der Waals surface area contributed by atoms with E-state index in [2.05, 4.69) is 23.5 Å². The molecule has 1 amide bonds. The number of aryl methyl sites for hydroxylation is 1. The molecule has 0 saturated heterocycles. The quantitative estimate of drug-likeness (QED) is 0.873. The van der Waals surface area contributed by atoms with Crippen LogP contribution in [0.4, 0.5) is 0 Å². The monoisotopic (exact) mass is 293 g/mol. The van der Waals surface area contributed by atoms with E-state index in [-0.39, 0.29) is 29.7 Å². The smallest absolute Gasteiger partial charge is 0.223 e. The first-order valence-corrected chi connectivity index (χ1v) is 8.45. The highest BCUT2D eigenvalue weighted by atomic mass is 32.2. The van der Waals surface area contributed by atoms with Crippen LogP contribution in [0.5, 0.6) is 0 Å². The highest BCUT2D eigenvalue weighted by Gasteiger charge is 2.26. The van der Waals surface area contributed by atoms with E-state index < -0.39 is 0 Å². The Morgan fingerprint density at radius 1 is 1.45 bits per heavy atom. The number of benzene rings is 1. The fourth-order valence-electron chi connectivity index (χ4n) is 2.79.